The van der Waals surface area contributed by atoms with E-state index in [9.17, 15) is 4.79 Å². The Morgan fingerprint density at radius 1 is 1.26 bits per heavy atom. The molecule has 1 aromatic rings. The van der Waals surface area contributed by atoms with Crippen molar-refractivity contribution in [3.63, 3.8) is 0 Å². The van der Waals surface area contributed by atoms with Gasteiger partial charge in [0.25, 0.3) is 0 Å². The first kappa shape index (κ1) is 15.7. The molecule has 106 valence electrons. The number of carbonyl (C=O) groups excluding carboxylic acids is 1. The molecule has 19 heavy (non-hydrogen) atoms. The van der Waals surface area contributed by atoms with E-state index in [2.05, 4.69) is 24.5 Å². The lowest BCUT2D eigenvalue weighted by Crippen LogP contribution is -2.41. The van der Waals surface area contributed by atoms with Crippen LogP contribution in [0.15, 0.2) is 24.3 Å². The van der Waals surface area contributed by atoms with Gasteiger partial charge in [-0.1, -0.05) is 38.1 Å². The molecule has 1 aromatic carbocycles. The second-order valence-electron chi connectivity index (χ2n) is 5.18. The molecule has 0 heterocycles. The topological polar surface area (TPSA) is 61.4 Å². The molecule has 0 aliphatic carbocycles. The van der Waals surface area contributed by atoms with Crippen molar-refractivity contribution in [2.45, 2.75) is 40.0 Å². The maximum absolute atomic E-state index is 11.7. The van der Waals surface area contributed by atoms with Crippen LogP contribution in [0.25, 0.3) is 0 Å². The number of aliphatic hydroxyl groups is 1. The molecule has 0 radical (unpaired) electrons. The smallest absolute Gasteiger partial charge is 0.234 e. The van der Waals surface area contributed by atoms with Gasteiger partial charge in [-0.25, -0.2) is 0 Å². The Bertz CT molecular complexity index is 405. The molecule has 1 amide bonds. The summed E-state index contributed by atoms with van der Waals surface area (Å²) >= 11 is 0. The SMILES string of the molecule is CC(C)C(C)NC(=O)CNCc1cccc(CO)c1. The van der Waals surface area contributed by atoms with Crippen LogP contribution in [0.5, 0.6) is 0 Å². The van der Waals surface area contributed by atoms with Crippen molar-refractivity contribution in [2.75, 3.05) is 6.54 Å². The van der Waals surface area contributed by atoms with E-state index < -0.39 is 0 Å². The molecule has 4 nitrogen and oxygen atoms in total. The maximum Gasteiger partial charge on any atom is 0.234 e. The average Bonchev–Trinajstić information content (AvgIpc) is 2.38. The van der Waals surface area contributed by atoms with Gasteiger partial charge >= 0.3 is 0 Å². The summed E-state index contributed by atoms with van der Waals surface area (Å²) in [6.07, 6.45) is 0. The van der Waals surface area contributed by atoms with Gasteiger partial charge in [0.05, 0.1) is 13.2 Å². The lowest BCUT2D eigenvalue weighted by Gasteiger charge is -2.17. The molecule has 0 bridgehead atoms. The first-order chi connectivity index (χ1) is 9.02. The Morgan fingerprint density at radius 2 is 1.95 bits per heavy atom. The lowest BCUT2D eigenvalue weighted by molar-refractivity contribution is -0.121. The molecular formula is C15H24N2O2. The fraction of sp³-hybridized carbons (Fsp3) is 0.533. The van der Waals surface area contributed by atoms with Crippen molar-refractivity contribution in [1.82, 2.24) is 10.6 Å². The third-order valence-corrected chi connectivity index (χ3v) is 3.18. The number of benzene rings is 1. The summed E-state index contributed by atoms with van der Waals surface area (Å²) in [5.41, 5.74) is 1.95. The van der Waals surface area contributed by atoms with Gasteiger partial charge in [-0.3, -0.25) is 4.79 Å². The molecule has 1 rings (SSSR count). The van der Waals surface area contributed by atoms with Gasteiger partial charge in [0.15, 0.2) is 0 Å². The molecule has 1 atom stereocenters. The van der Waals surface area contributed by atoms with Crippen molar-refractivity contribution in [1.29, 1.82) is 0 Å². The zero-order valence-corrected chi connectivity index (χ0v) is 11.9. The van der Waals surface area contributed by atoms with Crippen molar-refractivity contribution >= 4 is 5.91 Å². The molecule has 0 aliphatic heterocycles. The molecule has 0 aliphatic rings. The standard InChI is InChI=1S/C15H24N2O2/c1-11(2)12(3)17-15(19)9-16-8-13-5-4-6-14(7-13)10-18/h4-7,11-12,16,18H,8-10H2,1-3H3,(H,17,19). The van der Waals surface area contributed by atoms with Crippen molar-refractivity contribution in [3.8, 4) is 0 Å². The maximum atomic E-state index is 11.7. The summed E-state index contributed by atoms with van der Waals surface area (Å²) in [7, 11) is 0. The summed E-state index contributed by atoms with van der Waals surface area (Å²) in [4.78, 5) is 11.7. The minimum atomic E-state index is 0.0134. The number of hydrogen-bond donors (Lipinski definition) is 3. The van der Waals surface area contributed by atoms with Crippen LogP contribution in [-0.2, 0) is 17.9 Å². The summed E-state index contributed by atoms with van der Waals surface area (Å²) in [6, 6.07) is 7.87. The van der Waals surface area contributed by atoms with E-state index in [-0.39, 0.29) is 18.6 Å². The minimum Gasteiger partial charge on any atom is -0.392 e. The molecule has 0 saturated carbocycles. The Morgan fingerprint density at radius 3 is 2.58 bits per heavy atom. The largest absolute Gasteiger partial charge is 0.392 e. The van der Waals surface area contributed by atoms with Gasteiger partial charge < -0.3 is 15.7 Å². The van der Waals surface area contributed by atoms with Crippen LogP contribution in [0.4, 0.5) is 0 Å². The van der Waals surface area contributed by atoms with Crippen LogP contribution in [0.1, 0.15) is 31.9 Å². The molecule has 0 fully saturated rings. The van der Waals surface area contributed by atoms with Crippen molar-refractivity contribution < 1.29 is 9.90 Å². The van der Waals surface area contributed by atoms with E-state index in [0.717, 1.165) is 11.1 Å². The van der Waals surface area contributed by atoms with Gasteiger partial charge in [-0.05, 0) is 24.0 Å². The van der Waals surface area contributed by atoms with E-state index in [1.54, 1.807) is 0 Å². The minimum absolute atomic E-state index is 0.0134. The average molecular weight is 264 g/mol. The zero-order chi connectivity index (χ0) is 14.3. The molecule has 0 saturated heterocycles. The van der Waals surface area contributed by atoms with Crippen LogP contribution in [-0.4, -0.2) is 23.6 Å². The van der Waals surface area contributed by atoms with Crippen LogP contribution >= 0.6 is 0 Å². The number of nitrogens with one attached hydrogen (secondary N) is 2. The molecule has 0 spiro atoms. The number of amides is 1. The predicted molar refractivity (Wildman–Crippen MR) is 76.5 cm³/mol. The first-order valence-corrected chi connectivity index (χ1v) is 6.71. The summed E-state index contributed by atoms with van der Waals surface area (Å²) in [5, 5.41) is 15.1. The second kappa shape index (κ2) is 7.92. The third-order valence-electron chi connectivity index (χ3n) is 3.18. The summed E-state index contributed by atoms with van der Waals surface area (Å²) < 4.78 is 0. The fourth-order valence-electron chi connectivity index (χ4n) is 1.63. The highest BCUT2D eigenvalue weighted by atomic mass is 16.3. The Labute approximate surface area is 115 Å². The van der Waals surface area contributed by atoms with Gasteiger partial charge in [-0.2, -0.15) is 0 Å². The number of aliphatic hydroxyl groups excluding tert-OH is 1. The van der Waals surface area contributed by atoms with E-state index in [4.69, 9.17) is 5.11 Å². The van der Waals surface area contributed by atoms with Crippen LogP contribution in [0.2, 0.25) is 0 Å². The van der Waals surface area contributed by atoms with Crippen LogP contribution in [0.3, 0.4) is 0 Å². The van der Waals surface area contributed by atoms with E-state index >= 15 is 0 Å². The molecule has 4 heteroatoms. The normalized spacial score (nSPS) is 12.5. The van der Waals surface area contributed by atoms with Crippen molar-refractivity contribution in [2.24, 2.45) is 5.92 Å². The van der Waals surface area contributed by atoms with Gasteiger partial charge in [0.1, 0.15) is 0 Å². The van der Waals surface area contributed by atoms with Crippen molar-refractivity contribution in [3.05, 3.63) is 35.4 Å². The summed E-state index contributed by atoms with van der Waals surface area (Å²) in [5.74, 6) is 0.449. The highest BCUT2D eigenvalue weighted by Crippen LogP contribution is 2.04. The van der Waals surface area contributed by atoms with E-state index in [1.165, 1.54) is 0 Å². The number of carbonyl (C=O) groups is 1. The van der Waals surface area contributed by atoms with Gasteiger partial charge in [0.2, 0.25) is 5.91 Å². The highest BCUT2D eigenvalue weighted by Gasteiger charge is 2.09. The molecule has 1 unspecified atom stereocenters. The van der Waals surface area contributed by atoms with E-state index in [1.807, 2.05) is 31.2 Å². The Balaban J connectivity index is 2.31. The predicted octanol–water partition coefficient (Wildman–Crippen LogP) is 1.43. The number of hydrogen-bond acceptors (Lipinski definition) is 3. The first-order valence-electron chi connectivity index (χ1n) is 6.71. The molecular weight excluding hydrogens is 240 g/mol. The lowest BCUT2D eigenvalue weighted by atomic mass is 10.1. The van der Waals surface area contributed by atoms with E-state index in [0.29, 0.717) is 19.0 Å². The summed E-state index contributed by atoms with van der Waals surface area (Å²) in [6.45, 7) is 7.14. The van der Waals surface area contributed by atoms with Crippen LogP contribution < -0.4 is 10.6 Å². The van der Waals surface area contributed by atoms with Gasteiger partial charge in [-0.15, -0.1) is 0 Å². The Hall–Kier alpha value is -1.39. The highest BCUT2D eigenvalue weighted by molar-refractivity contribution is 5.78. The number of rotatable bonds is 7. The fourth-order valence-corrected chi connectivity index (χ4v) is 1.63. The Kier molecular flexibility index (Phi) is 6.53. The monoisotopic (exact) mass is 264 g/mol. The molecule has 0 aromatic heterocycles. The third kappa shape index (κ3) is 5.85. The van der Waals surface area contributed by atoms with Gasteiger partial charge in [0, 0.05) is 12.6 Å². The zero-order valence-electron chi connectivity index (χ0n) is 11.9. The quantitative estimate of drug-likeness (QED) is 0.698. The van der Waals surface area contributed by atoms with Crippen LogP contribution in [0, 0.1) is 5.92 Å². The second-order valence-corrected chi connectivity index (χ2v) is 5.18. The molecule has 3 N–H and O–H groups in total.